The van der Waals surface area contributed by atoms with Crippen LogP contribution in [0.3, 0.4) is 0 Å². The van der Waals surface area contributed by atoms with Crippen LogP contribution in [0.2, 0.25) is 0 Å². The Morgan fingerprint density at radius 2 is 2.07 bits per heavy atom. The van der Waals surface area contributed by atoms with E-state index in [2.05, 4.69) is 20.6 Å². The number of guanidine groups is 1. The lowest BCUT2D eigenvalue weighted by Gasteiger charge is -2.18. The van der Waals surface area contributed by atoms with E-state index in [-0.39, 0.29) is 6.04 Å². The van der Waals surface area contributed by atoms with Gasteiger partial charge >= 0.3 is 0 Å². The molecule has 5 nitrogen and oxygen atoms in total. The summed E-state index contributed by atoms with van der Waals surface area (Å²) in [6, 6.07) is 9.14. The van der Waals surface area contributed by atoms with Crippen molar-refractivity contribution in [3.63, 3.8) is 0 Å². The van der Waals surface area contributed by atoms with Crippen LogP contribution in [0.4, 0.5) is 8.78 Å². The van der Waals surface area contributed by atoms with Crippen molar-refractivity contribution in [1.82, 2.24) is 20.0 Å². The van der Waals surface area contributed by atoms with Crippen molar-refractivity contribution in [2.75, 3.05) is 6.54 Å². The minimum atomic E-state index is -0.592. The third-order valence-electron chi connectivity index (χ3n) is 4.27. The van der Waals surface area contributed by atoms with Gasteiger partial charge in [0.1, 0.15) is 17.3 Å². The molecule has 3 aromatic rings. The van der Waals surface area contributed by atoms with Crippen molar-refractivity contribution in [3.05, 3.63) is 71.2 Å². The molecule has 2 aromatic heterocycles. The molecule has 2 N–H and O–H groups in total. The number of benzene rings is 1. The number of aromatic nitrogens is 2. The van der Waals surface area contributed by atoms with Gasteiger partial charge in [0, 0.05) is 30.1 Å². The van der Waals surface area contributed by atoms with Crippen molar-refractivity contribution in [1.29, 1.82) is 0 Å². The van der Waals surface area contributed by atoms with E-state index in [1.54, 1.807) is 6.92 Å². The van der Waals surface area contributed by atoms with Gasteiger partial charge in [0.15, 0.2) is 5.96 Å². The first-order valence-electron chi connectivity index (χ1n) is 8.91. The Labute approximate surface area is 157 Å². The van der Waals surface area contributed by atoms with Gasteiger partial charge in [-0.05, 0) is 39.0 Å². The second kappa shape index (κ2) is 8.16. The van der Waals surface area contributed by atoms with Crippen LogP contribution < -0.4 is 10.6 Å². The smallest absolute Gasteiger partial charge is 0.192 e. The zero-order chi connectivity index (χ0) is 19.4. The number of fused-ring (bicyclic) bond motifs is 1. The summed E-state index contributed by atoms with van der Waals surface area (Å²) in [4.78, 5) is 9.11. The molecule has 27 heavy (non-hydrogen) atoms. The third-order valence-corrected chi connectivity index (χ3v) is 4.27. The van der Waals surface area contributed by atoms with Crippen LogP contribution in [0.25, 0.3) is 5.65 Å². The molecule has 0 aliphatic heterocycles. The Morgan fingerprint density at radius 3 is 2.78 bits per heavy atom. The van der Waals surface area contributed by atoms with Crippen molar-refractivity contribution >= 4 is 11.6 Å². The summed E-state index contributed by atoms with van der Waals surface area (Å²) in [5.74, 6) is -0.629. The number of aliphatic imine (C=N–C) groups is 1. The van der Waals surface area contributed by atoms with E-state index in [1.807, 2.05) is 42.6 Å². The Hall–Kier alpha value is -2.96. The Kier molecular flexibility index (Phi) is 5.69. The molecule has 0 radical (unpaired) electrons. The number of hydrogen-bond donors (Lipinski definition) is 2. The molecule has 0 spiro atoms. The second-order valence-electron chi connectivity index (χ2n) is 6.35. The van der Waals surface area contributed by atoms with Gasteiger partial charge in [-0.15, -0.1) is 0 Å². The number of aryl methyl sites for hydroxylation is 1. The standard InChI is InChI=1S/C20H23F2N5/c1-4-23-20(25-14(3)17-9-8-15(21)10-18(17)22)24-11-16-12-27-13(2)6-5-7-19(27)26-16/h5-10,12,14H,4,11H2,1-3H3,(H2,23,24,25). The van der Waals surface area contributed by atoms with Crippen molar-refractivity contribution < 1.29 is 8.78 Å². The van der Waals surface area contributed by atoms with Gasteiger partial charge in [-0.3, -0.25) is 0 Å². The molecule has 0 saturated carbocycles. The van der Waals surface area contributed by atoms with Gasteiger partial charge in [0.25, 0.3) is 0 Å². The Bertz CT molecular complexity index is 964. The lowest BCUT2D eigenvalue weighted by atomic mass is 10.1. The summed E-state index contributed by atoms with van der Waals surface area (Å²) < 4.78 is 29.1. The van der Waals surface area contributed by atoms with Gasteiger partial charge in [-0.2, -0.15) is 0 Å². The van der Waals surface area contributed by atoms with Gasteiger partial charge in [0.05, 0.1) is 18.3 Å². The highest BCUT2D eigenvalue weighted by Gasteiger charge is 2.13. The zero-order valence-corrected chi connectivity index (χ0v) is 15.6. The van der Waals surface area contributed by atoms with Crippen LogP contribution in [0.5, 0.6) is 0 Å². The summed E-state index contributed by atoms with van der Waals surface area (Å²) >= 11 is 0. The lowest BCUT2D eigenvalue weighted by molar-refractivity contribution is 0.551. The summed E-state index contributed by atoms with van der Waals surface area (Å²) in [5.41, 5.74) is 3.19. The fraction of sp³-hybridized carbons (Fsp3) is 0.300. The van der Waals surface area contributed by atoms with Crippen LogP contribution in [-0.4, -0.2) is 21.9 Å². The minimum Gasteiger partial charge on any atom is -0.357 e. The van der Waals surface area contributed by atoms with E-state index >= 15 is 0 Å². The molecule has 0 saturated heterocycles. The molecule has 0 bridgehead atoms. The molecule has 142 valence electrons. The van der Waals surface area contributed by atoms with Crippen LogP contribution >= 0.6 is 0 Å². The number of pyridine rings is 1. The van der Waals surface area contributed by atoms with E-state index in [9.17, 15) is 8.78 Å². The quantitative estimate of drug-likeness (QED) is 0.531. The van der Waals surface area contributed by atoms with Gasteiger partial charge < -0.3 is 15.0 Å². The highest BCUT2D eigenvalue weighted by Crippen LogP contribution is 2.17. The summed E-state index contributed by atoms with van der Waals surface area (Å²) in [6.07, 6.45) is 1.96. The maximum Gasteiger partial charge on any atom is 0.192 e. The summed E-state index contributed by atoms with van der Waals surface area (Å²) in [6.45, 7) is 6.82. The maximum atomic E-state index is 14.0. The topological polar surface area (TPSA) is 53.7 Å². The molecule has 1 unspecified atom stereocenters. The number of hydrogen-bond acceptors (Lipinski definition) is 2. The minimum absolute atomic E-state index is 0.369. The molecule has 1 aromatic carbocycles. The molecule has 1 atom stereocenters. The van der Waals surface area contributed by atoms with Crippen molar-refractivity contribution in [3.8, 4) is 0 Å². The molecule has 7 heteroatoms. The van der Waals surface area contributed by atoms with E-state index in [0.29, 0.717) is 24.6 Å². The summed E-state index contributed by atoms with van der Waals surface area (Å²) in [5, 5.41) is 6.29. The zero-order valence-electron chi connectivity index (χ0n) is 15.6. The predicted octanol–water partition coefficient (Wildman–Crippen LogP) is 3.74. The number of rotatable bonds is 5. The Morgan fingerprint density at radius 1 is 1.26 bits per heavy atom. The SMILES string of the molecule is CCNC(=NCc1cn2c(C)cccc2n1)NC(C)c1ccc(F)cc1F. The first-order chi connectivity index (χ1) is 13.0. The average Bonchev–Trinajstić information content (AvgIpc) is 3.04. The fourth-order valence-electron chi connectivity index (χ4n) is 2.89. The van der Waals surface area contributed by atoms with Crippen LogP contribution in [0.15, 0.2) is 47.6 Å². The number of imidazole rings is 1. The van der Waals surface area contributed by atoms with E-state index < -0.39 is 11.6 Å². The van der Waals surface area contributed by atoms with Crippen molar-refractivity contribution in [2.45, 2.75) is 33.4 Å². The molecule has 2 heterocycles. The second-order valence-corrected chi connectivity index (χ2v) is 6.35. The maximum absolute atomic E-state index is 14.0. The van der Waals surface area contributed by atoms with Crippen LogP contribution in [-0.2, 0) is 6.54 Å². The van der Waals surface area contributed by atoms with Gasteiger partial charge in [0.2, 0.25) is 0 Å². The molecule has 3 rings (SSSR count). The summed E-state index contributed by atoms with van der Waals surface area (Å²) in [7, 11) is 0. The molecule has 0 amide bonds. The molecule has 0 fully saturated rings. The highest BCUT2D eigenvalue weighted by atomic mass is 19.1. The van der Waals surface area contributed by atoms with Crippen LogP contribution in [0.1, 0.15) is 36.8 Å². The van der Waals surface area contributed by atoms with Gasteiger partial charge in [-0.1, -0.05) is 12.1 Å². The van der Waals surface area contributed by atoms with Crippen molar-refractivity contribution in [2.24, 2.45) is 4.99 Å². The highest BCUT2D eigenvalue weighted by molar-refractivity contribution is 5.80. The fourth-order valence-corrected chi connectivity index (χ4v) is 2.89. The predicted molar refractivity (Wildman–Crippen MR) is 103 cm³/mol. The molecular formula is C20H23F2N5. The number of nitrogens with zero attached hydrogens (tertiary/aromatic N) is 3. The molecule has 0 aliphatic rings. The van der Waals surface area contributed by atoms with E-state index in [4.69, 9.17) is 0 Å². The third kappa shape index (κ3) is 4.42. The normalized spacial score (nSPS) is 13.0. The Balaban J connectivity index is 1.76. The molecular weight excluding hydrogens is 348 g/mol. The molecule has 0 aliphatic carbocycles. The average molecular weight is 371 g/mol. The van der Waals surface area contributed by atoms with E-state index in [0.717, 1.165) is 23.1 Å². The van der Waals surface area contributed by atoms with E-state index in [1.165, 1.54) is 12.1 Å². The first kappa shape index (κ1) is 18.8. The number of halogens is 2. The largest absolute Gasteiger partial charge is 0.357 e. The van der Waals surface area contributed by atoms with Crippen LogP contribution in [0, 0.1) is 18.6 Å². The lowest BCUT2D eigenvalue weighted by Crippen LogP contribution is -2.39. The monoisotopic (exact) mass is 371 g/mol. The first-order valence-corrected chi connectivity index (χ1v) is 8.91. The number of nitrogens with one attached hydrogen (secondary N) is 2. The van der Waals surface area contributed by atoms with Gasteiger partial charge in [-0.25, -0.2) is 18.8 Å².